The van der Waals surface area contributed by atoms with Crippen LogP contribution in [-0.4, -0.2) is 16.1 Å². The summed E-state index contributed by atoms with van der Waals surface area (Å²) in [6, 6.07) is 9.44. The first-order valence-electron chi connectivity index (χ1n) is 6.35. The van der Waals surface area contributed by atoms with Gasteiger partial charge in [0.1, 0.15) is 10.4 Å². The number of rotatable bonds is 4. The Morgan fingerprint density at radius 2 is 2.14 bits per heavy atom. The molecule has 0 unspecified atom stereocenters. The topological polar surface area (TPSA) is 88.2 Å². The molecule has 21 heavy (non-hydrogen) atoms. The average molecular weight is 299 g/mol. The van der Waals surface area contributed by atoms with Gasteiger partial charge in [-0.15, -0.1) is 11.3 Å². The molecule has 2 aromatic heterocycles. The van der Waals surface area contributed by atoms with E-state index in [1.807, 2.05) is 35.7 Å². The summed E-state index contributed by atoms with van der Waals surface area (Å²) in [7, 11) is 0. The quantitative estimate of drug-likeness (QED) is 0.688. The highest BCUT2D eigenvalue weighted by atomic mass is 32.1. The third-order valence-electron chi connectivity index (χ3n) is 3.22. The van der Waals surface area contributed by atoms with Crippen LogP contribution in [0.3, 0.4) is 0 Å². The van der Waals surface area contributed by atoms with Crippen molar-refractivity contribution in [1.82, 2.24) is 4.98 Å². The molecular weight excluding hydrogens is 286 g/mol. The van der Waals surface area contributed by atoms with Crippen LogP contribution in [0.5, 0.6) is 0 Å². The van der Waals surface area contributed by atoms with Gasteiger partial charge in [-0.2, -0.15) is 0 Å². The number of hydrogen-bond donors (Lipinski definition) is 3. The van der Waals surface area contributed by atoms with Gasteiger partial charge in [0.25, 0.3) is 0 Å². The van der Waals surface area contributed by atoms with Crippen molar-refractivity contribution in [2.24, 2.45) is 5.73 Å². The van der Waals surface area contributed by atoms with E-state index in [0.29, 0.717) is 12.2 Å². The molecule has 4 N–H and O–H groups in total. The molecule has 0 aliphatic rings. The molecular formula is C15H13N3O2S. The molecule has 1 aromatic carbocycles. The number of hydrogen-bond acceptors (Lipinski definition) is 5. The number of pyridine rings is 1. The summed E-state index contributed by atoms with van der Waals surface area (Å²) in [6.07, 6.45) is 1.38. The minimum Gasteiger partial charge on any atom is -0.478 e. The van der Waals surface area contributed by atoms with Gasteiger partial charge in [0.05, 0.1) is 5.69 Å². The van der Waals surface area contributed by atoms with Crippen LogP contribution in [0.1, 0.15) is 15.9 Å². The number of thiophene rings is 1. The number of carboxylic acid groups (broad SMARTS) is 1. The minimum absolute atomic E-state index is 0.146. The molecule has 3 aromatic rings. The van der Waals surface area contributed by atoms with E-state index in [1.54, 1.807) is 0 Å². The van der Waals surface area contributed by atoms with Gasteiger partial charge in [0.2, 0.25) is 0 Å². The number of carboxylic acids is 1. The van der Waals surface area contributed by atoms with E-state index >= 15 is 0 Å². The summed E-state index contributed by atoms with van der Waals surface area (Å²) in [5, 5.41) is 15.3. The van der Waals surface area contributed by atoms with E-state index < -0.39 is 5.97 Å². The molecule has 0 saturated heterocycles. The molecule has 106 valence electrons. The molecule has 0 spiro atoms. The van der Waals surface area contributed by atoms with Gasteiger partial charge in [-0.3, -0.25) is 0 Å². The van der Waals surface area contributed by atoms with Crippen molar-refractivity contribution < 1.29 is 9.90 Å². The van der Waals surface area contributed by atoms with Crippen LogP contribution in [0.2, 0.25) is 0 Å². The zero-order chi connectivity index (χ0) is 14.8. The van der Waals surface area contributed by atoms with Crippen LogP contribution in [0.25, 0.3) is 10.2 Å². The van der Waals surface area contributed by atoms with Crippen molar-refractivity contribution in [3.63, 3.8) is 0 Å². The molecule has 6 heteroatoms. The predicted octanol–water partition coefficient (Wildman–Crippen LogP) is 3.20. The molecule has 0 fully saturated rings. The fourth-order valence-corrected chi connectivity index (χ4v) is 2.92. The minimum atomic E-state index is -1.01. The number of benzene rings is 1. The summed E-state index contributed by atoms with van der Waals surface area (Å²) in [5.74, 6) is -1.01. The number of fused-ring (bicyclic) bond motifs is 1. The first kappa shape index (κ1) is 13.5. The first-order chi connectivity index (χ1) is 10.2. The average Bonchev–Trinajstić information content (AvgIpc) is 2.96. The van der Waals surface area contributed by atoms with Crippen molar-refractivity contribution in [1.29, 1.82) is 0 Å². The summed E-state index contributed by atoms with van der Waals surface area (Å²) in [4.78, 5) is 16.4. The SMILES string of the molecule is NCc1ccccc1Nc1c(C(=O)O)cnc2sccc12. The number of carbonyl (C=O) groups is 1. The summed E-state index contributed by atoms with van der Waals surface area (Å²) >= 11 is 1.47. The lowest BCUT2D eigenvalue weighted by Gasteiger charge is -2.13. The largest absolute Gasteiger partial charge is 0.478 e. The van der Waals surface area contributed by atoms with Gasteiger partial charge in [-0.05, 0) is 23.1 Å². The number of aromatic carboxylic acids is 1. The first-order valence-corrected chi connectivity index (χ1v) is 7.23. The molecule has 0 saturated carbocycles. The Morgan fingerprint density at radius 3 is 2.90 bits per heavy atom. The van der Waals surface area contributed by atoms with Crippen molar-refractivity contribution in [3.05, 3.63) is 53.0 Å². The van der Waals surface area contributed by atoms with Crippen LogP contribution in [0, 0.1) is 0 Å². The highest BCUT2D eigenvalue weighted by molar-refractivity contribution is 7.16. The maximum Gasteiger partial charge on any atom is 0.339 e. The van der Waals surface area contributed by atoms with E-state index in [4.69, 9.17) is 5.73 Å². The Kier molecular flexibility index (Phi) is 3.55. The normalized spacial score (nSPS) is 10.7. The van der Waals surface area contributed by atoms with Gasteiger partial charge in [0.15, 0.2) is 0 Å². The van der Waals surface area contributed by atoms with E-state index in [1.165, 1.54) is 17.5 Å². The molecule has 0 atom stereocenters. The number of nitrogens with zero attached hydrogens (tertiary/aromatic N) is 1. The second-order valence-electron chi connectivity index (χ2n) is 4.48. The van der Waals surface area contributed by atoms with E-state index in [0.717, 1.165) is 21.5 Å². The van der Waals surface area contributed by atoms with Crippen LogP contribution in [-0.2, 0) is 6.54 Å². The summed E-state index contributed by atoms with van der Waals surface area (Å²) in [6.45, 7) is 0.378. The fraction of sp³-hybridized carbons (Fsp3) is 0.0667. The zero-order valence-corrected chi connectivity index (χ0v) is 11.9. The number of aromatic nitrogens is 1. The molecule has 0 radical (unpaired) electrons. The smallest absolute Gasteiger partial charge is 0.339 e. The molecule has 3 rings (SSSR count). The highest BCUT2D eigenvalue weighted by Crippen LogP contribution is 2.32. The Morgan fingerprint density at radius 1 is 1.33 bits per heavy atom. The molecule has 0 aliphatic carbocycles. The van der Waals surface area contributed by atoms with Crippen LogP contribution < -0.4 is 11.1 Å². The maximum atomic E-state index is 11.4. The Hall–Kier alpha value is -2.44. The second kappa shape index (κ2) is 5.51. The number of nitrogens with two attached hydrogens (primary N) is 1. The monoisotopic (exact) mass is 299 g/mol. The van der Waals surface area contributed by atoms with Crippen LogP contribution in [0.4, 0.5) is 11.4 Å². The van der Waals surface area contributed by atoms with Crippen molar-refractivity contribution >= 4 is 38.9 Å². The van der Waals surface area contributed by atoms with Crippen LogP contribution >= 0.6 is 11.3 Å². The predicted molar refractivity (Wildman–Crippen MR) is 84.2 cm³/mol. The van der Waals surface area contributed by atoms with Crippen molar-refractivity contribution in [2.45, 2.75) is 6.54 Å². The molecule has 5 nitrogen and oxygen atoms in total. The van der Waals surface area contributed by atoms with E-state index in [2.05, 4.69) is 10.3 Å². The Labute approximate surface area is 125 Å². The van der Waals surface area contributed by atoms with Gasteiger partial charge in [-0.1, -0.05) is 18.2 Å². The highest BCUT2D eigenvalue weighted by Gasteiger charge is 2.16. The zero-order valence-electron chi connectivity index (χ0n) is 11.0. The Bertz CT molecular complexity index is 814. The third-order valence-corrected chi connectivity index (χ3v) is 4.04. The van der Waals surface area contributed by atoms with Gasteiger partial charge < -0.3 is 16.2 Å². The molecule has 0 bridgehead atoms. The number of nitrogens with one attached hydrogen (secondary N) is 1. The number of para-hydroxylation sites is 1. The lowest BCUT2D eigenvalue weighted by atomic mass is 10.1. The molecule has 2 heterocycles. The lowest BCUT2D eigenvalue weighted by molar-refractivity contribution is 0.0697. The fourth-order valence-electron chi connectivity index (χ4n) is 2.18. The Balaban J connectivity index is 2.16. The number of anilines is 2. The third kappa shape index (κ3) is 2.46. The standard InChI is InChI=1S/C15H13N3O2S/c16-7-9-3-1-2-4-12(9)18-13-10-5-6-21-14(10)17-8-11(13)15(19)20/h1-6,8H,7,16H2,(H,17,18)(H,19,20). The summed E-state index contributed by atoms with van der Waals surface area (Å²) in [5.41, 5.74) is 8.16. The van der Waals surface area contributed by atoms with Gasteiger partial charge in [-0.25, -0.2) is 9.78 Å². The van der Waals surface area contributed by atoms with E-state index in [9.17, 15) is 9.90 Å². The maximum absolute atomic E-state index is 11.4. The second-order valence-corrected chi connectivity index (χ2v) is 5.37. The van der Waals surface area contributed by atoms with E-state index in [-0.39, 0.29) is 5.56 Å². The van der Waals surface area contributed by atoms with Crippen molar-refractivity contribution in [2.75, 3.05) is 5.32 Å². The van der Waals surface area contributed by atoms with Gasteiger partial charge in [0, 0.05) is 23.8 Å². The van der Waals surface area contributed by atoms with Crippen molar-refractivity contribution in [3.8, 4) is 0 Å². The molecule has 0 amide bonds. The lowest BCUT2D eigenvalue weighted by Crippen LogP contribution is -2.06. The van der Waals surface area contributed by atoms with Gasteiger partial charge >= 0.3 is 5.97 Å². The van der Waals surface area contributed by atoms with Crippen LogP contribution in [0.15, 0.2) is 41.9 Å². The molecule has 0 aliphatic heterocycles. The summed E-state index contributed by atoms with van der Waals surface area (Å²) < 4.78 is 0.